The molecule has 7 aromatic carbocycles. The Morgan fingerprint density at radius 3 is 2.03 bits per heavy atom. The number of nitrogens with one attached hydrogen (secondary N) is 1. The number of rotatable bonds is 18. The van der Waals surface area contributed by atoms with Gasteiger partial charge in [0.25, 0.3) is 0 Å². The van der Waals surface area contributed by atoms with Crippen LogP contribution in [0.15, 0.2) is 303 Å². The first-order valence-electron chi connectivity index (χ1n) is 26.1. The monoisotopic (exact) mass is 971 g/mol. The number of aryl methyl sites for hydroxylation is 1. The lowest BCUT2D eigenvalue weighted by Gasteiger charge is -2.28. The lowest BCUT2D eigenvalue weighted by Crippen LogP contribution is -2.17. The fraction of sp³-hybridized carbons (Fsp3) is 0.0959. The molecule has 75 heavy (non-hydrogen) atoms. The van der Waals surface area contributed by atoms with Crippen LogP contribution in [-0.2, 0) is 0 Å². The summed E-state index contributed by atoms with van der Waals surface area (Å²) in [7, 11) is 0. The second-order valence-electron chi connectivity index (χ2n) is 19.0. The van der Waals surface area contributed by atoms with Gasteiger partial charge in [-0.05, 0) is 146 Å². The number of anilines is 3. The molecule has 368 valence electrons. The molecule has 0 fully saturated rings. The van der Waals surface area contributed by atoms with Crippen LogP contribution < -0.4 is 10.2 Å². The van der Waals surface area contributed by atoms with Crippen LogP contribution in [0.4, 0.5) is 17.1 Å². The van der Waals surface area contributed by atoms with E-state index in [9.17, 15) is 0 Å². The van der Waals surface area contributed by atoms with E-state index in [4.69, 9.17) is 0 Å². The summed E-state index contributed by atoms with van der Waals surface area (Å²) in [6.45, 7) is 18.8. The Kier molecular flexibility index (Phi) is 16.7. The molecule has 0 bridgehead atoms. The Morgan fingerprint density at radius 1 is 0.613 bits per heavy atom. The van der Waals surface area contributed by atoms with Crippen molar-refractivity contribution in [1.29, 1.82) is 0 Å². The predicted octanol–water partition coefficient (Wildman–Crippen LogP) is 20.1. The van der Waals surface area contributed by atoms with Gasteiger partial charge in [-0.15, -0.1) is 6.58 Å². The molecular weight excluding hydrogens is 905 g/mol. The van der Waals surface area contributed by atoms with Crippen LogP contribution in [0, 0.1) is 12.8 Å². The van der Waals surface area contributed by atoms with Gasteiger partial charge in [0.2, 0.25) is 0 Å². The molecule has 0 aromatic heterocycles. The first-order valence-corrected chi connectivity index (χ1v) is 26.1. The van der Waals surface area contributed by atoms with Crippen LogP contribution in [0.2, 0.25) is 0 Å². The average molecular weight is 971 g/mol. The third-order valence-corrected chi connectivity index (χ3v) is 14.1. The molecule has 0 radical (unpaired) electrons. The lowest BCUT2D eigenvalue weighted by atomic mass is 9.84. The van der Waals surface area contributed by atoms with Crippen LogP contribution in [0.1, 0.15) is 55.4 Å². The number of fused-ring (bicyclic) bond motifs is 1. The van der Waals surface area contributed by atoms with Crippen LogP contribution in [-0.4, -0.2) is 0 Å². The molecule has 2 aliphatic carbocycles. The topological polar surface area (TPSA) is 15.3 Å². The van der Waals surface area contributed by atoms with E-state index in [0.717, 1.165) is 58.0 Å². The molecule has 2 nitrogen and oxygen atoms in total. The molecule has 0 saturated carbocycles. The Bertz CT molecular complexity index is 3530. The number of hydrogen-bond acceptors (Lipinski definition) is 2. The predicted molar refractivity (Wildman–Crippen MR) is 327 cm³/mol. The molecule has 0 spiro atoms. The normalized spacial score (nSPS) is 14.5. The number of allylic oxidation sites excluding steroid dienone is 20. The molecule has 2 aliphatic rings. The molecule has 1 atom stereocenters. The highest BCUT2D eigenvalue weighted by Crippen LogP contribution is 2.42. The minimum absolute atomic E-state index is 0.0119. The fourth-order valence-electron chi connectivity index (χ4n) is 10.3. The van der Waals surface area contributed by atoms with Crippen LogP contribution in [0.25, 0.3) is 50.2 Å². The molecule has 9 rings (SSSR count). The van der Waals surface area contributed by atoms with E-state index in [1.54, 1.807) is 0 Å². The second kappa shape index (κ2) is 24.6. The van der Waals surface area contributed by atoms with E-state index in [-0.39, 0.29) is 5.92 Å². The van der Waals surface area contributed by atoms with Gasteiger partial charge in [-0.1, -0.05) is 239 Å². The van der Waals surface area contributed by atoms with Crippen molar-refractivity contribution >= 4 is 45.1 Å². The molecule has 0 heterocycles. The first kappa shape index (κ1) is 50.9. The van der Waals surface area contributed by atoms with Crippen LogP contribution >= 0.6 is 0 Å². The van der Waals surface area contributed by atoms with Crippen molar-refractivity contribution in [1.82, 2.24) is 5.32 Å². The van der Waals surface area contributed by atoms with Gasteiger partial charge in [-0.3, -0.25) is 0 Å². The zero-order chi connectivity index (χ0) is 51.9. The largest absolute Gasteiger partial charge is 0.362 e. The van der Waals surface area contributed by atoms with Crippen molar-refractivity contribution in [2.75, 3.05) is 4.90 Å². The highest BCUT2D eigenvalue weighted by Gasteiger charge is 2.22. The van der Waals surface area contributed by atoms with Crippen molar-refractivity contribution in [3.05, 3.63) is 325 Å². The van der Waals surface area contributed by atoms with Gasteiger partial charge in [0.1, 0.15) is 0 Å². The van der Waals surface area contributed by atoms with Gasteiger partial charge in [0.15, 0.2) is 0 Å². The first-order chi connectivity index (χ1) is 36.9. The number of nitrogens with zero attached hydrogens (tertiary/aromatic N) is 1. The summed E-state index contributed by atoms with van der Waals surface area (Å²) < 4.78 is 0. The summed E-state index contributed by atoms with van der Waals surface area (Å²) in [5.74, 6) is 0.0119. The maximum atomic E-state index is 4.10. The standard InChI is InChI=1S/C73H66N2/c1-7-24-63(25-8-2)74-73-38-17-13-16-35-68(73)54(6)72(52-61-31-19-18-27-53(61)5)62-33-22-34-66(51-62)75(65-49-45-59(46-50-65)67(10-4)69(26-9-3)57-28-14-11-12-15-29-57)64-47-43-56(44-48-64)55-39-41-60(42-40-55)71-37-23-32-58-30-20-21-36-70(58)71/h7-24,26-28,30-37,39-52,54,74H,1-3,25,29,38H2,4-6H3/b63-24+,67-10-,69-26-,72-52+. The van der Waals surface area contributed by atoms with E-state index < -0.39 is 0 Å². The average Bonchev–Trinajstić information content (AvgIpc) is 3.87. The molecular formula is C73H66N2. The van der Waals surface area contributed by atoms with Crippen molar-refractivity contribution < 1.29 is 0 Å². The van der Waals surface area contributed by atoms with Gasteiger partial charge in [0, 0.05) is 47.2 Å². The zero-order valence-electron chi connectivity index (χ0n) is 43.6. The molecule has 2 heteroatoms. The second-order valence-corrected chi connectivity index (χ2v) is 19.0. The number of benzene rings is 7. The van der Waals surface area contributed by atoms with Crippen molar-refractivity contribution in [3.63, 3.8) is 0 Å². The molecule has 0 saturated heterocycles. The Hall–Kier alpha value is -8.98. The molecule has 7 aromatic rings. The summed E-state index contributed by atoms with van der Waals surface area (Å²) in [6, 6.07) is 59.9. The van der Waals surface area contributed by atoms with Gasteiger partial charge in [0.05, 0.1) is 0 Å². The van der Waals surface area contributed by atoms with E-state index in [1.165, 1.54) is 66.5 Å². The Labute approximate surface area is 446 Å². The minimum Gasteiger partial charge on any atom is -0.362 e. The quantitative estimate of drug-likeness (QED) is 0.0524. The molecule has 1 N–H and O–H groups in total. The smallest absolute Gasteiger partial charge is 0.0467 e. The third kappa shape index (κ3) is 11.9. The van der Waals surface area contributed by atoms with Crippen LogP contribution in [0.3, 0.4) is 0 Å². The maximum absolute atomic E-state index is 4.10. The van der Waals surface area contributed by atoms with Gasteiger partial charge in [-0.25, -0.2) is 0 Å². The van der Waals surface area contributed by atoms with Crippen molar-refractivity contribution in [3.8, 4) is 22.3 Å². The summed E-state index contributed by atoms with van der Waals surface area (Å²) in [6.07, 6.45) is 36.3. The summed E-state index contributed by atoms with van der Waals surface area (Å²) in [4.78, 5) is 2.39. The zero-order valence-corrected chi connectivity index (χ0v) is 43.6. The fourth-order valence-corrected chi connectivity index (χ4v) is 10.3. The lowest BCUT2D eigenvalue weighted by molar-refractivity contribution is 0.819. The van der Waals surface area contributed by atoms with Crippen molar-refractivity contribution in [2.45, 2.75) is 40.0 Å². The highest BCUT2D eigenvalue weighted by atomic mass is 15.1. The minimum atomic E-state index is 0.0119. The molecule has 0 amide bonds. The highest BCUT2D eigenvalue weighted by molar-refractivity contribution is 5.97. The van der Waals surface area contributed by atoms with E-state index >= 15 is 0 Å². The Balaban J connectivity index is 1.14. The van der Waals surface area contributed by atoms with Crippen molar-refractivity contribution in [2.24, 2.45) is 5.92 Å². The van der Waals surface area contributed by atoms with Gasteiger partial charge < -0.3 is 10.2 Å². The summed E-state index contributed by atoms with van der Waals surface area (Å²) in [5, 5.41) is 6.31. The maximum Gasteiger partial charge on any atom is 0.0467 e. The van der Waals surface area contributed by atoms with E-state index in [1.807, 2.05) is 24.3 Å². The number of hydrogen-bond donors (Lipinski definition) is 1. The van der Waals surface area contributed by atoms with E-state index in [0.29, 0.717) is 6.42 Å². The Morgan fingerprint density at radius 2 is 1.28 bits per heavy atom. The summed E-state index contributed by atoms with van der Waals surface area (Å²) in [5.41, 5.74) is 20.9. The van der Waals surface area contributed by atoms with E-state index in [2.05, 4.69) is 287 Å². The molecule has 0 aliphatic heterocycles. The van der Waals surface area contributed by atoms with Crippen LogP contribution in [0.5, 0.6) is 0 Å². The SMILES string of the molecule is C=C/C=C(C1=CC=CC=CC1)\C(=C/C)c1ccc(N(c2ccc(-c3ccc(-c4cccc5ccccc45)cc3)cc2)c2cccc(/C(=C/c3ccccc3C)C(C)C3=C(N/C(=C/C=C)CC=C)CC=CC=C3)c2)cc1. The van der Waals surface area contributed by atoms with Gasteiger partial charge >= 0.3 is 0 Å². The molecule has 1 unspecified atom stereocenters. The third-order valence-electron chi connectivity index (χ3n) is 14.1. The summed E-state index contributed by atoms with van der Waals surface area (Å²) >= 11 is 0. The van der Waals surface area contributed by atoms with Gasteiger partial charge in [-0.2, -0.15) is 0 Å².